The molecule has 1 aromatic carbocycles. The van der Waals surface area contributed by atoms with Crippen molar-refractivity contribution >= 4 is 5.97 Å². The van der Waals surface area contributed by atoms with Crippen LogP contribution in [0.25, 0.3) is 0 Å². The van der Waals surface area contributed by atoms with Crippen molar-refractivity contribution in [1.82, 2.24) is 0 Å². The van der Waals surface area contributed by atoms with Crippen LogP contribution in [0.15, 0.2) is 30.3 Å². The predicted octanol–water partition coefficient (Wildman–Crippen LogP) is 4.09. The van der Waals surface area contributed by atoms with E-state index in [0.29, 0.717) is 12.2 Å². The summed E-state index contributed by atoms with van der Waals surface area (Å²) in [6.07, 6.45) is 7.80. The summed E-state index contributed by atoms with van der Waals surface area (Å²) >= 11 is 0. The lowest BCUT2D eigenvalue weighted by Crippen LogP contribution is -2.46. The standard InChI is InChI=1S/C25H32O7/c26-22(17-10-4-1-5-11-17)28-20-19(18-16-27-24(30-18)12-6-2-7-13-24)29-23-21(20)31-25(32-23)14-8-3-9-15-25/h1,4-5,10-11,18-21,23H,2-3,6-9,12-16H2/t18-,19-,20+,21-,23-/m0/s1. The summed E-state index contributed by atoms with van der Waals surface area (Å²) in [5.74, 6) is -1.53. The number of carbonyl (C=O) groups excluding carboxylic acids is 1. The molecule has 5 atom stereocenters. The van der Waals surface area contributed by atoms with Gasteiger partial charge in [0.05, 0.1) is 12.2 Å². The third kappa shape index (κ3) is 3.78. The summed E-state index contributed by atoms with van der Waals surface area (Å²) < 4.78 is 37.8. The van der Waals surface area contributed by atoms with Gasteiger partial charge in [0, 0.05) is 25.7 Å². The molecule has 2 aliphatic carbocycles. The topological polar surface area (TPSA) is 72.5 Å². The third-order valence-electron chi connectivity index (χ3n) is 7.62. The minimum absolute atomic E-state index is 0.318. The van der Waals surface area contributed by atoms with Crippen LogP contribution in [0.1, 0.15) is 74.6 Å². The number of fused-ring (bicyclic) bond motifs is 1. The monoisotopic (exact) mass is 444 g/mol. The molecule has 7 nitrogen and oxygen atoms in total. The zero-order valence-corrected chi connectivity index (χ0v) is 18.4. The molecule has 0 N–H and O–H groups in total. The van der Waals surface area contributed by atoms with Gasteiger partial charge in [0.15, 0.2) is 30.1 Å². The smallest absolute Gasteiger partial charge is 0.338 e. The second-order valence-corrected chi connectivity index (χ2v) is 9.82. The average molecular weight is 445 g/mol. The molecule has 5 aliphatic rings. The lowest BCUT2D eigenvalue weighted by Gasteiger charge is -2.35. The summed E-state index contributed by atoms with van der Waals surface area (Å²) in [6, 6.07) is 9.04. The molecule has 3 saturated heterocycles. The van der Waals surface area contributed by atoms with Crippen LogP contribution >= 0.6 is 0 Å². The van der Waals surface area contributed by atoms with Crippen LogP contribution in [0.4, 0.5) is 0 Å². The van der Waals surface area contributed by atoms with E-state index in [0.717, 1.165) is 51.4 Å². The van der Waals surface area contributed by atoms with E-state index in [9.17, 15) is 4.79 Å². The van der Waals surface area contributed by atoms with Gasteiger partial charge in [-0.3, -0.25) is 0 Å². The Morgan fingerprint density at radius 2 is 1.50 bits per heavy atom. The molecule has 0 bridgehead atoms. The Hall–Kier alpha value is -1.51. The molecule has 6 rings (SSSR count). The summed E-state index contributed by atoms with van der Waals surface area (Å²) in [5, 5.41) is 0. The second kappa shape index (κ2) is 8.37. The Bertz CT molecular complexity index is 815. The zero-order chi connectivity index (χ0) is 21.6. The van der Waals surface area contributed by atoms with Crippen molar-refractivity contribution < 1.29 is 33.2 Å². The van der Waals surface area contributed by atoms with Gasteiger partial charge in [-0.15, -0.1) is 0 Å². The molecule has 3 aliphatic heterocycles. The Labute approximate surface area is 188 Å². The first-order chi connectivity index (χ1) is 15.7. The van der Waals surface area contributed by atoms with E-state index in [1.165, 1.54) is 12.8 Å². The van der Waals surface area contributed by atoms with E-state index in [2.05, 4.69) is 0 Å². The van der Waals surface area contributed by atoms with E-state index < -0.39 is 36.2 Å². The fourth-order valence-corrected chi connectivity index (χ4v) is 5.97. The van der Waals surface area contributed by atoms with Gasteiger partial charge in [-0.25, -0.2) is 4.79 Å². The molecule has 7 heteroatoms. The maximum atomic E-state index is 13.0. The Kier molecular flexibility index (Phi) is 5.50. The van der Waals surface area contributed by atoms with Gasteiger partial charge >= 0.3 is 5.97 Å². The molecular formula is C25H32O7. The summed E-state index contributed by atoms with van der Waals surface area (Å²) in [5.41, 5.74) is 0.508. The molecule has 1 aromatic rings. The summed E-state index contributed by atoms with van der Waals surface area (Å²) in [7, 11) is 0. The van der Waals surface area contributed by atoms with Crippen LogP contribution in [0.5, 0.6) is 0 Å². The molecule has 0 unspecified atom stereocenters. The fourth-order valence-electron chi connectivity index (χ4n) is 5.97. The van der Waals surface area contributed by atoms with Crippen molar-refractivity contribution in [2.45, 2.75) is 106 Å². The van der Waals surface area contributed by atoms with E-state index in [4.69, 9.17) is 28.4 Å². The average Bonchev–Trinajstić information content (AvgIpc) is 3.48. The molecular weight excluding hydrogens is 412 g/mol. The molecule has 32 heavy (non-hydrogen) atoms. The second-order valence-electron chi connectivity index (χ2n) is 9.82. The lowest BCUT2D eigenvalue weighted by molar-refractivity contribution is -0.259. The molecule has 0 radical (unpaired) electrons. The van der Waals surface area contributed by atoms with Crippen molar-refractivity contribution in [3.8, 4) is 0 Å². The molecule has 5 fully saturated rings. The van der Waals surface area contributed by atoms with Crippen LogP contribution in [-0.4, -0.2) is 54.9 Å². The highest BCUT2D eigenvalue weighted by Gasteiger charge is 2.62. The Morgan fingerprint density at radius 3 is 2.22 bits per heavy atom. The molecule has 174 valence electrons. The maximum Gasteiger partial charge on any atom is 0.338 e. The largest absolute Gasteiger partial charge is 0.453 e. The first kappa shape index (κ1) is 21.1. The number of esters is 1. The SMILES string of the molecule is O=C(O[C@H]1[C@@H]2OC3(CCCCC3)O[C@@H]2O[C@H]1[C@@H]1COC2(CCCCC2)O1)c1ccccc1. The molecule has 2 spiro atoms. The number of ether oxygens (including phenoxy) is 6. The fraction of sp³-hybridized carbons (Fsp3) is 0.720. The quantitative estimate of drug-likeness (QED) is 0.650. The molecule has 3 heterocycles. The van der Waals surface area contributed by atoms with Crippen LogP contribution in [0.2, 0.25) is 0 Å². The number of carbonyl (C=O) groups is 1. The van der Waals surface area contributed by atoms with Crippen molar-refractivity contribution in [2.24, 2.45) is 0 Å². The van der Waals surface area contributed by atoms with Crippen molar-refractivity contribution in [3.05, 3.63) is 35.9 Å². The first-order valence-electron chi connectivity index (χ1n) is 12.2. The van der Waals surface area contributed by atoms with Crippen molar-refractivity contribution in [3.63, 3.8) is 0 Å². The number of benzene rings is 1. The van der Waals surface area contributed by atoms with Crippen molar-refractivity contribution in [2.75, 3.05) is 6.61 Å². The van der Waals surface area contributed by atoms with Crippen LogP contribution in [-0.2, 0) is 28.4 Å². The highest BCUT2D eigenvalue weighted by molar-refractivity contribution is 5.89. The molecule has 2 saturated carbocycles. The first-order valence-corrected chi connectivity index (χ1v) is 12.2. The van der Waals surface area contributed by atoms with Gasteiger partial charge in [-0.1, -0.05) is 31.0 Å². The van der Waals surface area contributed by atoms with Gasteiger partial charge in [-0.05, 0) is 37.8 Å². The highest BCUT2D eigenvalue weighted by atomic mass is 16.9. The molecule has 0 amide bonds. The van der Waals surface area contributed by atoms with E-state index in [-0.39, 0.29) is 12.1 Å². The van der Waals surface area contributed by atoms with Crippen LogP contribution in [0.3, 0.4) is 0 Å². The van der Waals surface area contributed by atoms with Crippen LogP contribution in [0, 0.1) is 0 Å². The van der Waals surface area contributed by atoms with E-state index in [1.54, 1.807) is 12.1 Å². The van der Waals surface area contributed by atoms with Gasteiger partial charge in [0.1, 0.15) is 12.2 Å². The predicted molar refractivity (Wildman–Crippen MR) is 113 cm³/mol. The highest BCUT2D eigenvalue weighted by Crippen LogP contribution is 2.48. The summed E-state index contributed by atoms with van der Waals surface area (Å²) in [4.78, 5) is 13.0. The minimum Gasteiger partial charge on any atom is -0.453 e. The number of hydrogen-bond donors (Lipinski definition) is 0. The Morgan fingerprint density at radius 1 is 0.812 bits per heavy atom. The van der Waals surface area contributed by atoms with Gasteiger partial charge in [0.25, 0.3) is 0 Å². The zero-order valence-electron chi connectivity index (χ0n) is 18.4. The number of rotatable bonds is 3. The summed E-state index contributed by atoms with van der Waals surface area (Å²) in [6.45, 7) is 0.425. The number of hydrogen-bond acceptors (Lipinski definition) is 7. The van der Waals surface area contributed by atoms with Crippen LogP contribution < -0.4 is 0 Å². The van der Waals surface area contributed by atoms with Crippen molar-refractivity contribution in [1.29, 1.82) is 0 Å². The van der Waals surface area contributed by atoms with Gasteiger partial charge < -0.3 is 28.4 Å². The van der Waals surface area contributed by atoms with Gasteiger partial charge in [0.2, 0.25) is 0 Å². The van der Waals surface area contributed by atoms with Gasteiger partial charge in [-0.2, -0.15) is 0 Å². The van der Waals surface area contributed by atoms with E-state index in [1.807, 2.05) is 18.2 Å². The normalized spacial score (nSPS) is 37.6. The minimum atomic E-state index is -0.617. The van der Waals surface area contributed by atoms with E-state index >= 15 is 0 Å². The molecule has 0 aromatic heterocycles. The Balaban J connectivity index is 1.22. The maximum absolute atomic E-state index is 13.0. The third-order valence-corrected chi connectivity index (χ3v) is 7.62. The lowest BCUT2D eigenvalue weighted by atomic mass is 9.94.